The highest BCUT2D eigenvalue weighted by molar-refractivity contribution is 6.34. The second-order valence-corrected chi connectivity index (χ2v) is 5.17. The first-order valence-electron chi connectivity index (χ1n) is 6.87. The third-order valence-corrected chi connectivity index (χ3v) is 3.41. The Morgan fingerprint density at radius 2 is 2.13 bits per heavy atom. The minimum Gasteiger partial charge on any atom is -0.505 e. The molecule has 0 amide bonds. The Labute approximate surface area is 137 Å². The maximum atomic E-state index is 11.5. The Balaban J connectivity index is 2.39. The van der Waals surface area contributed by atoms with E-state index in [1.165, 1.54) is 19.9 Å². The number of hydrogen-bond donors (Lipinski definition) is 2. The largest absolute Gasteiger partial charge is 0.505 e. The molecule has 0 aromatic heterocycles. The summed E-state index contributed by atoms with van der Waals surface area (Å²) in [5.74, 6) is -0.499. The van der Waals surface area contributed by atoms with Gasteiger partial charge in [-0.3, -0.25) is 9.59 Å². The molecule has 124 valence electrons. The Kier molecular flexibility index (Phi) is 5.00. The molecule has 1 aliphatic rings. The third-order valence-electron chi connectivity index (χ3n) is 3.06. The number of ether oxygens (including phenoxy) is 2. The zero-order valence-electron chi connectivity index (χ0n) is 12.9. The molecule has 1 aromatic rings. The summed E-state index contributed by atoms with van der Waals surface area (Å²) >= 11 is 6.07. The fourth-order valence-corrected chi connectivity index (χ4v) is 2.33. The summed E-state index contributed by atoms with van der Waals surface area (Å²) in [6.07, 6.45) is 0.263. The van der Waals surface area contributed by atoms with Gasteiger partial charge in [0.1, 0.15) is 10.8 Å². The lowest BCUT2D eigenvalue weighted by Gasteiger charge is -2.12. The highest BCUT2D eigenvalue weighted by atomic mass is 35.5. The highest BCUT2D eigenvalue weighted by Crippen LogP contribution is 2.45. The summed E-state index contributed by atoms with van der Waals surface area (Å²) in [6.45, 7) is 4.63. The average molecular weight is 342 g/mol. The van der Waals surface area contributed by atoms with E-state index >= 15 is 0 Å². The molecule has 0 radical (unpaired) electrons. The van der Waals surface area contributed by atoms with Gasteiger partial charge >= 0.3 is 5.97 Å². The van der Waals surface area contributed by atoms with E-state index in [1.54, 1.807) is 6.92 Å². The van der Waals surface area contributed by atoms with Gasteiger partial charge in [0, 0.05) is 18.9 Å². The Morgan fingerprint density at radius 1 is 1.43 bits per heavy atom. The number of hydroxylamine groups is 1. The van der Waals surface area contributed by atoms with Crippen LogP contribution in [0.3, 0.4) is 0 Å². The quantitative estimate of drug-likeness (QED) is 0.482. The lowest BCUT2D eigenvalue weighted by molar-refractivity contribution is -0.149. The molecule has 0 unspecified atom stereocenters. The number of carbonyl (C=O) groups is 2. The first-order chi connectivity index (χ1) is 10.8. The molecule has 1 heterocycles. The SMILES string of the molecule is CCOC(NOC(C)=O)=C1Cc2cc(C(C)=O)c(O)c(Cl)c2O1. The number of carbonyl (C=O) groups excluding carboxylic acids is 2. The van der Waals surface area contributed by atoms with Crippen LogP contribution in [0.5, 0.6) is 11.5 Å². The molecule has 1 aromatic carbocycles. The Hall–Kier alpha value is -2.41. The molecule has 0 fully saturated rings. The molecule has 7 nitrogen and oxygen atoms in total. The van der Waals surface area contributed by atoms with E-state index in [0.29, 0.717) is 17.9 Å². The van der Waals surface area contributed by atoms with E-state index < -0.39 is 5.97 Å². The second kappa shape index (κ2) is 6.78. The number of aromatic hydroxyl groups is 1. The van der Waals surface area contributed by atoms with Crippen LogP contribution in [0, 0.1) is 0 Å². The van der Waals surface area contributed by atoms with E-state index in [2.05, 4.69) is 5.48 Å². The zero-order valence-corrected chi connectivity index (χ0v) is 13.6. The van der Waals surface area contributed by atoms with Crippen LogP contribution in [-0.4, -0.2) is 23.5 Å². The second-order valence-electron chi connectivity index (χ2n) is 4.79. The lowest BCUT2D eigenvalue weighted by atomic mass is 10.0. The van der Waals surface area contributed by atoms with Gasteiger partial charge in [0.05, 0.1) is 12.2 Å². The van der Waals surface area contributed by atoms with Crippen LogP contribution < -0.4 is 10.2 Å². The van der Waals surface area contributed by atoms with Crippen LogP contribution in [-0.2, 0) is 20.8 Å². The Bertz CT molecular complexity index is 698. The van der Waals surface area contributed by atoms with Crippen LogP contribution in [0.15, 0.2) is 17.7 Å². The maximum Gasteiger partial charge on any atom is 0.329 e. The van der Waals surface area contributed by atoms with Crippen molar-refractivity contribution >= 4 is 23.4 Å². The highest BCUT2D eigenvalue weighted by Gasteiger charge is 2.29. The van der Waals surface area contributed by atoms with Crippen molar-refractivity contribution in [2.45, 2.75) is 27.2 Å². The van der Waals surface area contributed by atoms with Gasteiger partial charge in [-0.1, -0.05) is 11.6 Å². The van der Waals surface area contributed by atoms with Crippen molar-refractivity contribution in [2.24, 2.45) is 0 Å². The lowest BCUT2D eigenvalue weighted by Crippen LogP contribution is -2.22. The molecular weight excluding hydrogens is 326 g/mol. The molecule has 0 aliphatic carbocycles. The van der Waals surface area contributed by atoms with Gasteiger partial charge < -0.3 is 19.4 Å². The van der Waals surface area contributed by atoms with Crippen LogP contribution in [0.2, 0.25) is 5.02 Å². The van der Waals surface area contributed by atoms with Crippen LogP contribution >= 0.6 is 11.6 Å². The van der Waals surface area contributed by atoms with Gasteiger partial charge in [-0.2, -0.15) is 5.48 Å². The predicted molar refractivity (Wildman–Crippen MR) is 81.0 cm³/mol. The monoisotopic (exact) mass is 341 g/mol. The van der Waals surface area contributed by atoms with E-state index in [1.807, 2.05) is 0 Å². The van der Waals surface area contributed by atoms with E-state index in [9.17, 15) is 14.7 Å². The maximum absolute atomic E-state index is 11.5. The molecule has 0 atom stereocenters. The standard InChI is InChI=1S/C15H16ClNO6/c1-4-21-15(17-23-8(3)19)11-6-9-5-10(7(2)18)13(20)12(16)14(9)22-11/h5,17,20H,4,6H2,1-3H3. The number of Topliss-reactive ketones (excluding diaryl/α,β-unsaturated/α-hetero) is 1. The number of halogens is 1. The fraction of sp³-hybridized carbons (Fsp3) is 0.333. The molecule has 23 heavy (non-hydrogen) atoms. The Morgan fingerprint density at radius 3 is 2.70 bits per heavy atom. The van der Waals surface area contributed by atoms with Crippen molar-refractivity contribution in [3.8, 4) is 11.5 Å². The third kappa shape index (κ3) is 3.50. The molecule has 2 rings (SSSR count). The number of fused-ring (bicyclic) bond motifs is 1. The van der Waals surface area contributed by atoms with E-state index in [4.69, 9.17) is 25.9 Å². The summed E-state index contributed by atoms with van der Waals surface area (Å²) in [6, 6.07) is 1.52. The average Bonchev–Trinajstić information content (AvgIpc) is 2.90. The van der Waals surface area contributed by atoms with E-state index in [0.717, 1.165) is 0 Å². The molecule has 8 heteroatoms. The van der Waals surface area contributed by atoms with Crippen molar-refractivity contribution in [3.63, 3.8) is 0 Å². The van der Waals surface area contributed by atoms with Crippen molar-refractivity contribution in [3.05, 3.63) is 33.9 Å². The molecule has 0 saturated heterocycles. The number of ketones is 1. The van der Waals surface area contributed by atoms with Crippen molar-refractivity contribution in [2.75, 3.05) is 6.61 Å². The molecular formula is C15H16ClNO6. The van der Waals surface area contributed by atoms with Gasteiger partial charge in [0.15, 0.2) is 17.3 Å². The molecule has 0 spiro atoms. The van der Waals surface area contributed by atoms with Gasteiger partial charge in [-0.25, -0.2) is 0 Å². The van der Waals surface area contributed by atoms with Crippen molar-refractivity contribution in [1.29, 1.82) is 0 Å². The van der Waals surface area contributed by atoms with Crippen molar-refractivity contribution in [1.82, 2.24) is 5.48 Å². The zero-order chi connectivity index (χ0) is 17.1. The van der Waals surface area contributed by atoms with E-state index in [-0.39, 0.29) is 40.2 Å². The number of nitrogens with one attached hydrogen (secondary N) is 1. The number of allylic oxidation sites excluding steroid dienone is 1. The van der Waals surface area contributed by atoms with Crippen LogP contribution in [0.25, 0.3) is 0 Å². The number of hydrogen-bond acceptors (Lipinski definition) is 7. The molecule has 0 bridgehead atoms. The first kappa shape index (κ1) is 17.0. The summed E-state index contributed by atoms with van der Waals surface area (Å²) < 4.78 is 10.9. The van der Waals surface area contributed by atoms with Gasteiger partial charge in [0.2, 0.25) is 0 Å². The summed E-state index contributed by atoms with van der Waals surface area (Å²) in [5, 5.41) is 9.92. The first-order valence-corrected chi connectivity index (χ1v) is 7.25. The minimum atomic E-state index is -0.548. The fourth-order valence-electron chi connectivity index (χ4n) is 2.07. The van der Waals surface area contributed by atoms with Gasteiger partial charge in [0.25, 0.3) is 5.88 Å². The number of phenolic OH excluding ortho intramolecular Hbond substituents is 1. The van der Waals surface area contributed by atoms with Gasteiger partial charge in [-0.05, 0) is 19.9 Å². The minimum absolute atomic E-state index is 0.0500. The van der Waals surface area contributed by atoms with Gasteiger partial charge in [-0.15, -0.1) is 0 Å². The topological polar surface area (TPSA) is 94.1 Å². The van der Waals surface area contributed by atoms with Crippen molar-refractivity contribution < 1.29 is 29.0 Å². The number of benzene rings is 1. The number of rotatable bonds is 5. The molecule has 1 aliphatic heterocycles. The normalized spacial score (nSPS) is 14.6. The molecule has 0 saturated carbocycles. The summed E-state index contributed by atoms with van der Waals surface area (Å²) in [5.41, 5.74) is 3.11. The molecule has 2 N–H and O–H groups in total. The summed E-state index contributed by atoms with van der Waals surface area (Å²) in [4.78, 5) is 27.2. The van der Waals surface area contributed by atoms with Crippen LogP contribution in [0.1, 0.15) is 36.7 Å². The smallest absolute Gasteiger partial charge is 0.329 e. The summed E-state index contributed by atoms with van der Waals surface area (Å²) in [7, 11) is 0. The number of phenols is 1. The predicted octanol–water partition coefficient (Wildman–Crippen LogP) is 2.46. The van der Waals surface area contributed by atoms with Crippen LogP contribution in [0.4, 0.5) is 0 Å².